The van der Waals surface area contributed by atoms with Crippen LogP contribution in [0.15, 0.2) is 53.0 Å². The molecular formula is C13H11N2S2+. The fourth-order valence-corrected chi connectivity index (χ4v) is 2.98. The van der Waals surface area contributed by atoms with E-state index in [1.165, 1.54) is 11.3 Å². The Hall–Kier alpha value is -1.39. The van der Waals surface area contributed by atoms with Gasteiger partial charge in [0.2, 0.25) is 5.03 Å². The highest BCUT2D eigenvalue weighted by atomic mass is 32.2. The Bertz CT molecular complexity index is 647. The predicted octanol–water partition coefficient (Wildman–Crippen LogP) is 3.27. The molecule has 0 fully saturated rings. The summed E-state index contributed by atoms with van der Waals surface area (Å²) in [5.74, 6) is 0. The number of rotatable bonds is 2. The van der Waals surface area contributed by atoms with Crippen LogP contribution in [0.25, 0.3) is 16.2 Å². The Morgan fingerprint density at radius 3 is 2.82 bits per heavy atom. The van der Waals surface area contributed by atoms with Crippen molar-refractivity contribution < 1.29 is 4.40 Å². The minimum Gasteiger partial charge on any atom is -0.186 e. The summed E-state index contributed by atoms with van der Waals surface area (Å²) < 4.78 is 2.14. The van der Waals surface area contributed by atoms with Crippen LogP contribution in [-0.2, 0) is 0 Å². The number of fused-ring (bicyclic) bond motifs is 1. The van der Waals surface area contributed by atoms with Crippen molar-refractivity contribution in [3.63, 3.8) is 0 Å². The van der Waals surface area contributed by atoms with Crippen molar-refractivity contribution in [1.29, 1.82) is 0 Å². The summed E-state index contributed by atoms with van der Waals surface area (Å²) >= 11 is 3.34. The van der Waals surface area contributed by atoms with Gasteiger partial charge in [0.05, 0.1) is 0 Å². The molecule has 2 heterocycles. The van der Waals surface area contributed by atoms with E-state index in [2.05, 4.69) is 57.5 Å². The van der Waals surface area contributed by atoms with Crippen molar-refractivity contribution in [1.82, 2.24) is 4.98 Å². The van der Waals surface area contributed by atoms with Gasteiger partial charge in [-0.3, -0.25) is 0 Å². The molecule has 0 aliphatic rings. The highest BCUT2D eigenvalue weighted by molar-refractivity contribution is 7.98. The molecule has 0 saturated carbocycles. The van der Waals surface area contributed by atoms with E-state index in [0.717, 1.165) is 9.99 Å². The summed E-state index contributed by atoms with van der Waals surface area (Å²) in [7, 11) is 0. The second-order valence-corrected chi connectivity index (χ2v) is 5.30. The molecule has 0 aliphatic carbocycles. The summed E-state index contributed by atoms with van der Waals surface area (Å²) in [6.45, 7) is 0. The van der Waals surface area contributed by atoms with Crippen LogP contribution in [-0.4, -0.2) is 11.2 Å². The number of thiazole rings is 1. The van der Waals surface area contributed by atoms with E-state index in [1.807, 2.05) is 6.07 Å². The van der Waals surface area contributed by atoms with Gasteiger partial charge in [-0.25, -0.2) is 0 Å². The number of benzene rings is 1. The number of thioether (sulfide) groups is 1. The number of aromatic nitrogens is 2. The highest BCUT2D eigenvalue weighted by Gasteiger charge is 2.15. The maximum absolute atomic E-state index is 4.58. The number of nitrogens with zero attached hydrogens (tertiary/aromatic N) is 2. The Balaban J connectivity index is 2.30. The molecule has 0 bridgehead atoms. The van der Waals surface area contributed by atoms with E-state index in [9.17, 15) is 0 Å². The first-order valence-corrected chi connectivity index (χ1v) is 7.38. The van der Waals surface area contributed by atoms with Crippen LogP contribution in [0.5, 0.6) is 0 Å². The normalized spacial score (nSPS) is 10.9. The molecular weight excluding hydrogens is 248 g/mol. The van der Waals surface area contributed by atoms with E-state index < -0.39 is 0 Å². The van der Waals surface area contributed by atoms with Crippen LogP contribution in [0.3, 0.4) is 0 Å². The molecule has 0 N–H and O–H groups in total. The third-order valence-electron chi connectivity index (χ3n) is 2.59. The van der Waals surface area contributed by atoms with Gasteiger partial charge < -0.3 is 0 Å². The van der Waals surface area contributed by atoms with Gasteiger partial charge in [-0.05, 0) is 11.2 Å². The fraction of sp³-hybridized carbons (Fsp3) is 0.0769. The van der Waals surface area contributed by atoms with Crippen LogP contribution < -0.4 is 4.40 Å². The zero-order chi connectivity index (χ0) is 11.7. The molecule has 0 aliphatic heterocycles. The minimum absolute atomic E-state index is 1.04. The van der Waals surface area contributed by atoms with Crippen LogP contribution in [0.2, 0.25) is 0 Å². The van der Waals surface area contributed by atoms with Gasteiger partial charge >= 0.3 is 4.96 Å². The van der Waals surface area contributed by atoms with Crippen LogP contribution >= 0.6 is 23.1 Å². The molecule has 0 spiro atoms. The Labute approximate surface area is 108 Å². The SMILES string of the molecule is CSc1cc(-c2ccccc2)[n+]2ccsc2n1. The van der Waals surface area contributed by atoms with Gasteiger partial charge in [-0.15, -0.1) is 0 Å². The molecule has 4 heteroatoms. The molecule has 0 atom stereocenters. The average Bonchev–Trinajstić information content (AvgIpc) is 2.86. The smallest absolute Gasteiger partial charge is 0.186 e. The van der Waals surface area contributed by atoms with E-state index in [-0.39, 0.29) is 0 Å². The second-order valence-electron chi connectivity index (χ2n) is 3.61. The fourth-order valence-electron chi connectivity index (χ4n) is 1.79. The van der Waals surface area contributed by atoms with Crippen molar-refractivity contribution in [2.45, 2.75) is 5.03 Å². The molecule has 84 valence electrons. The molecule has 3 rings (SSSR count). The largest absolute Gasteiger partial charge is 0.388 e. The summed E-state index contributed by atoms with van der Waals surface area (Å²) in [4.78, 5) is 5.62. The molecule has 0 saturated heterocycles. The van der Waals surface area contributed by atoms with Crippen molar-refractivity contribution in [3.05, 3.63) is 48.0 Å². The lowest BCUT2D eigenvalue weighted by atomic mass is 10.1. The van der Waals surface area contributed by atoms with Crippen molar-refractivity contribution >= 4 is 28.1 Å². The molecule has 2 nitrogen and oxygen atoms in total. The summed E-state index contributed by atoms with van der Waals surface area (Å²) in [6.07, 6.45) is 4.13. The van der Waals surface area contributed by atoms with E-state index in [4.69, 9.17) is 0 Å². The van der Waals surface area contributed by atoms with Gasteiger partial charge in [0.15, 0.2) is 0 Å². The Kier molecular flexibility index (Phi) is 2.82. The maximum atomic E-state index is 4.58. The minimum atomic E-state index is 1.04. The molecule has 0 radical (unpaired) electrons. The van der Waals surface area contributed by atoms with Gasteiger partial charge in [-0.1, -0.05) is 53.4 Å². The lowest BCUT2D eigenvalue weighted by Crippen LogP contribution is -2.22. The quantitative estimate of drug-likeness (QED) is 0.399. The molecule has 3 aromatic rings. The zero-order valence-electron chi connectivity index (χ0n) is 9.33. The first-order chi connectivity index (χ1) is 8.38. The number of hydrogen-bond acceptors (Lipinski definition) is 3. The molecule has 17 heavy (non-hydrogen) atoms. The lowest BCUT2D eigenvalue weighted by Gasteiger charge is -1.99. The van der Waals surface area contributed by atoms with E-state index in [0.29, 0.717) is 0 Å². The van der Waals surface area contributed by atoms with Gasteiger partial charge in [-0.2, -0.15) is 4.40 Å². The van der Waals surface area contributed by atoms with Crippen LogP contribution in [0, 0.1) is 0 Å². The monoisotopic (exact) mass is 259 g/mol. The van der Waals surface area contributed by atoms with Crippen molar-refractivity contribution in [3.8, 4) is 11.3 Å². The molecule has 0 unspecified atom stereocenters. The third-order valence-corrected chi connectivity index (χ3v) is 3.98. The van der Waals surface area contributed by atoms with E-state index >= 15 is 0 Å². The standard InChI is InChI=1S/C13H11N2S2/c1-16-12-9-11(10-5-3-2-4-6-10)15-7-8-17-13(15)14-12/h2-9H,1H3/q+1. The summed E-state index contributed by atoms with van der Waals surface area (Å²) in [5, 5.41) is 3.13. The Morgan fingerprint density at radius 1 is 1.24 bits per heavy atom. The van der Waals surface area contributed by atoms with Crippen molar-refractivity contribution in [2.75, 3.05) is 6.26 Å². The highest BCUT2D eigenvalue weighted by Crippen LogP contribution is 2.21. The first-order valence-electron chi connectivity index (χ1n) is 5.28. The van der Waals surface area contributed by atoms with Gasteiger partial charge in [0.25, 0.3) is 0 Å². The summed E-state index contributed by atoms with van der Waals surface area (Å²) in [6, 6.07) is 12.6. The molecule has 0 amide bonds. The third kappa shape index (κ3) is 1.94. The number of hydrogen-bond donors (Lipinski definition) is 0. The second kappa shape index (κ2) is 4.47. The maximum Gasteiger partial charge on any atom is 0.388 e. The van der Waals surface area contributed by atoms with Crippen LogP contribution in [0.4, 0.5) is 0 Å². The van der Waals surface area contributed by atoms with E-state index in [1.54, 1.807) is 23.1 Å². The Morgan fingerprint density at radius 2 is 2.06 bits per heavy atom. The molecule has 1 aromatic carbocycles. The lowest BCUT2D eigenvalue weighted by molar-refractivity contribution is -0.498. The van der Waals surface area contributed by atoms with Crippen molar-refractivity contribution in [2.24, 2.45) is 0 Å². The zero-order valence-corrected chi connectivity index (χ0v) is 11.0. The first kappa shape index (κ1) is 10.7. The van der Waals surface area contributed by atoms with Gasteiger partial charge in [0.1, 0.15) is 11.9 Å². The van der Waals surface area contributed by atoms with Gasteiger partial charge in [0, 0.05) is 17.0 Å². The molecule has 2 aromatic heterocycles. The summed E-state index contributed by atoms with van der Waals surface area (Å²) in [5.41, 5.74) is 2.42. The average molecular weight is 259 g/mol. The van der Waals surface area contributed by atoms with Crippen LogP contribution in [0.1, 0.15) is 0 Å². The topological polar surface area (TPSA) is 17.0 Å². The predicted molar refractivity (Wildman–Crippen MR) is 72.5 cm³/mol.